The number of hydrogen-bond acceptors (Lipinski definition) is 3. The van der Waals surface area contributed by atoms with Crippen LogP contribution < -0.4 is 0 Å². The lowest BCUT2D eigenvalue weighted by Crippen LogP contribution is -1.93. The first-order valence-corrected chi connectivity index (χ1v) is 3.81. The van der Waals surface area contributed by atoms with Gasteiger partial charge in [0.2, 0.25) is 0 Å². The van der Waals surface area contributed by atoms with E-state index in [4.69, 9.17) is 5.11 Å². The number of aliphatic hydroxyl groups excluding tert-OH is 1. The molecule has 0 aliphatic rings. The molecule has 0 aliphatic carbocycles. The van der Waals surface area contributed by atoms with Gasteiger partial charge in [0.15, 0.2) is 5.78 Å². The molecule has 0 atom stereocenters. The maximum Gasteiger partial charge on any atom is 0.161 e. The first-order chi connectivity index (χ1) is 6.24. The fourth-order valence-electron chi connectivity index (χ4n) is 0.806. The van der Waals surface area contributed by atoms with Gasteiger partial charge in [-0.1, -0.05) is 5.92 Å². The van der Waals surface area contributed by atoms with Crippen molar-refractivity contribution < 1.29 is 9.90 Å². The van der Waals surface area contributed by atoms with E-state index in [9.17, 15) is 4.79 Å². The molecule has 0 saturated carbocycles. The minimum absolute atomic E-state index is 0.0193. The molecule has 1 N–H and O–H groups in total. The first kappa shape index (κ1) is 9.43. The number of aliphatic hydroxyl groups is 1. The van der Waals surface area contributed by atoms with E-state index in [0.29, 0.717) is 11.3 Å². The van der Waals surface area contributed by atoms with Crippen molar-refractivity contribution in [2.45, 2.75) is 6.92 Å². The lowest BCUT2D eigenvalue weighted by molar-refractivity contribution is 0.101. The molecule has 1 rings (SSSR count). The number of ketones is 1. The van der Waals surface area contributed by atoms with Gasteiger partial charge in [0.25, 0.3) is 0 Å². The number of Topliss-reactive ketones (excluding diaryl/α,β-unsaturated/α-hetero) is 1. The molecule has 0 unspecified atom stereocenters. The van der Waals surface area contributed by atoms with E-state index >= 15 is 0 Å². The van der Waals surface area contributed by atoms with E-state index in [1.165, 1.54) is 13.1 Å². The van der Waals surface area contributed by atoms with Crippen molar-refractivity contribution in [2.75, 3.05) is 6.61 Å². The standard InChI is InChI=1S/C10H9NO2/c1-8(13)9-4-5-10(11-7-9)3-2-6-12/h4-5,7,12H,6H2,1H3. The number of carbonyl (C=O) groups excluding carboxylic acids is 1. The average Bonchev–Trinajstić information content (AvgIpc) is 2.15. The summed E-state index contributed by atoms with van der Waals surface area (Å²) >= 11 is 0. The van der Waals surface area contributed by atoms with E-state index in [0.717, 1.165) is 0 Å². The van der Waals surface area contributed by atoms with Gasteiger partial charge in [-0.05, 0) is 25.0 Å². The quantitative estimate of drug-likeness (QED) is 0.503. The summed E-state index contributed by atoms with van der Waals surface area (Å²) in [6, 6.07) is 3.32. The lowest BCUT2D eigenvalue weighted by atomic mass is 10.2. The molecule has 0 aromatic carbocycles. The summed E-state index contributed by atoms with van der Waals surface area (Å²) in [5.41, 5.74) is 1.12. The number of rotatable bonds is 1. The highest BCUT2D eigenvalue weighted by Gasteiger charge is 1.97. The summed E-state index contributed by atoms with van der Waals surface area (Å²) < 4.78 is 0. The number of pyridine rings is 1. The van der Waals surface area contributed by atoms with Crippen molar-refractivity contribution in [2.24, 2.45) is 0 Å². The minimum atomic E-state index is -0.184. The third-order valence-corrected chi connectivity index (χ3v) is 1.47. The molecule has 3 heteroatoms. The van der Waals surface area contributed by atoms with Gasteiger partial charge in [-0.3, -0.25) is 4.79 Å². The Labute approximate surface area is 76.4 Å². The van der Waals surface area contributed by atoms with Crippen LogP contribution in [0.3, 0.4) is 0 Å². The molecule has 0 spiro atoms. The zero-order valence-corrected chi connectivity index (χ0v) is 7.24. The molecule has 1 heterocycles. The smallest absolute Gasteiger partial charge is 0.161 e. The van der Waals surface area contributed by atoms with Crippen LogP contribution in [0.5, 0.6) is 0 Å². The van der Waals surface area contributed by atoms with Gasteiger partial charge in [-0.2, -0.15) is 0 Å². The molecule has 0 radical (unpaired) electrons. The third-order valence-electron chi connectivity index (χ3n) is 1.47. The zero-order chi connectivity index (χ0) is 9.68. The Kier molecular flexibility index (Phi) is 3.18. The van der Waals surface area contributed by atoms with Crippen LogP contribution in [-0.2, 0) is 0 Å². The number of nitrogens with zero attached hydrogens (tertiary/aromatic N) is 1. The second kappa shape index (κ2) is 4.39. The largest absolute Gasteiger partial charge is 0.384 e. The summed E-state index contributed by atoms with van der Waals surface area (Å²) in [6.45, 7) is 1.30. The third kappa shape index (κ3) is 2.69. The minimum Gasteiger partial charge on any atom is -0.384 e. The molecule has 1 aromatic rings. The van der Waals surface area contributed by atoms with E-state index < -0.39 is 0 Å². The zero-order valence-electron chi connectivity index (χ0n) is 7.24. The summed E-state index contributed by atoms with van der Waals surface area (Å²) in [5, 5.41) is 8.41. The molecular formula is C10H9NO2. The second-order valence-electron chi connectivity index (χ2n) is 2.45. The maximum absolute atomic E-state index is 10.9. The molecule has 3 nitrogen and oxygen atoms in total. The van der Waals surface area contributed by atoms with E-state index in [-0.39, 0.29) is 12.4 Å². The topological polar surface area (TPSA) is 50.2 Å². The van der Waals surface area contributed by atoms with Gasteiger partial charge in [0, 0.05) is 11.8 Å². The van der Waals surface area contributed by atoms with Crippen molar-refractivity contribution in [3.63, 3.8) is 0 Å². The summed E-state index contributed by atoms with van der Waals surface area (Å²) in [7, 11) is 0. The van der Waals surface area contributed by atoms with Crippen molar-refractivity contribution >= 4 is 5.78 Å². The van der Waals surface area contributed by atoms with Crippen molar-refractivity contribution in [3.05, 3.63) is 29.6 Å². The normalized spacial score (nSPS) is 8.77. The predicted molar refractivity (Wildman–Crippen MR) is 48.2 cm³/mol. The van der Waals surface area contributed by atoms with E-state index in [1.54, 1.807) is 12.1 Å². The van der Waals surface area contributed by atoms with Gasteiger partial charge in [-0.25, -0.2) is 4.98 Å². The molecule has 66 valence electrons. The van der Waals surface area contributed by atoms with E-state index in [1.807, 2.05) is 0 Å². The highest BCUT2D eigenvalue weighted by molar-refractivity contribution is 5.93. The summed E-state index contributed by atoms with van der Waals surface area (Å²) in [5.74, 6) is 5.09. The van der Waals surface area contributed by atoms with Gasteiger partial charge >= 0.3 is 0 Å². The van der Waals surface area contributed by atoms with Crippen LogP contribution in [0.25, 0.3) is 0 Å². The van der Waals surface area contributed by atoms with Crippen LogP contribution in [0.2, 0.25) is 0 Å². The number of carbonyl (C=O) groups is 1. The lowest BCUT2D eigenvalue weighted by Gasteiger charge is -1.93. The van der Waals surface area contributed by atoms with Crippen LogP contribution in [0.1, 0.15) is 23.0 Å². The van der Waals surface area contributed by atoms with Gasteiger partial charge in [-0.15, -0.1) is 0 Å². The fraction of sp³-hybridized carbons (Fsp3) is 0.200. The Balaban J connectivity index is 2.87. The molecule has 0 aliphatic heterocycles. The molecule has 1 aromatic heterocycles. The van der Waals surface area contributed by atoms with Crippen LogP contribution in [0.15, 0.2) is 18.3 Å². The predicted octanol–water partition coefficient (Wildman–Crippen LogP) is 0.628. The van der Waals surface area contributed by atoms with Crippen LogP contribution in [0, 0.1) is 11.8 Å². The molecule has 13 heavy (non-hydrogen) atoms. The Morgan fingerprint density at radius 3 is 2.85 bits per heavy atom. The first-order valence-electron chi connectivity index (χ1n) is 3.81. The molecule has 0 saturated heterocycles. The SMILES string of the molecule is CC(=O)c1ccc(C#CCO)nc1. The Morgan fingerprint density at radius 2 is 2.38 bits per heavy atom. The van der Waals surface area contributed by atoms with Gasteiger partial charge in [0.05, 0.1) is 0 Å². The molecule has 0 bridgehead atoms. The van der Waals surface area contributed by atoms with Crippen LogP contribution in [0.4, 0.5) is 0 Å². The Hall–Kier alpha value is -1.66. The highest BCUT2D eigenvalue weighted by atomic mass is 16.2. The van der Waals surface area contributed by atoms with Crippen molar-refractivity contribution in [1.82, 2.24) is 4.98 Å². The molecule has 0 fully saturated rings. The van der Waals surface area contributed by atoms with Crippen molar-refractivity contribution in [3.8, 4) is 11.8 Å². The summed E-state index contributed by atoms with van der Waals surface area (Å²) in [6.07, 6.45) is 1.48. The average molecular weight is 175 g/mol. The second-order valence-corrected chi connectivity index (χ2v) is 2.45. The van der Waals surface area contributed by atoms with E-state index in [2.05, 4.69) is 16.8 Å². The molecule has 0 amide bonds. The summed E-state index contributed by atoms with van der Waals surface area (Å²) in [4.78, 5) is 14.8. The number of aromatic nitrogens is 1. The Morgan fingerprint density at radius 1 is 1.62 bits per heavy atom. The highest BCUT2D eigenvalue weighted by Crippen LogP contribution is 1.99. The van der Waals surface area contributed by atoms with Crippen LogP contribution in [-0.4, -0.2) is 22.5 Å². The fourth-order valence-corrected chi connectivity index (χ4v) is 0.806. The van der Waals surface area contributed by atoms with Gasteiger partial charge in [0.1, 0.15) is 12.3 Å². The monoisotopic (exact) mass is 175 g/mol. The van der Waals surface area contributed by atoms with Crippen molar-refractivity contribution in [1.29, 1.82) is 0 Å². The number of hydrogen-bond donors (Lipinski definition) is 1. The molecular weight excluding hydrogens is 166 g/mol. The maximum atomic E-state index is 10.9. The Bertz CT molecular complexity index is 357. The van der Waals surface area contributed by atoms with Gasteiger partial charge < -0.3 is 5.11 Å². The van der Waals surface area contributed by atoms with Crippen LogP contribution >= 0.6 is 0 Å².